The highest BCUT2D eigenvalue weighted by atomic mass is 35.5. The summed E-state index contributed by atoms with van der Waals surface area (Å²) in [7, 11) is 0. The van der Waals surface area contributed by atoms with Gasteiger partial charge >= 0.3 is 0 Å². The molecule has 0 saturated heterocycles. The van der Waals surface area contributed by atoms with Gasteiger partial charge in [0.25, 0.3) is 0 Å². The lowest BCUT2D eigenvalue weighted by Gasteiger charge is -2.05. The van der Waals surface area contributed by atoms with Gasteiger partial charge in [0.2, 0.25) is 5.28 Å². The van der Waals surface area contributed by atoms with Crippen LogP contribution in [0, 0.1) is 12.7 Å². The van der Waals surface area contributed by atoms with Gasteiger partial charge in [0.05, 0.1) is 0 Å². The predicted molar refractivity (Wildman–Crippen MR) is 59.3 cm³/mol. The fourth-order valence-electron chi connectivity index (χ4n) is 1.23. The third-order valence-electron chi connectivity index (χ3n) is 2.04. The summed E-state index contributed by atoms with van der Waals surface area (Å²) in [5.74, 6) is -0.524. The fourth-order valence-corrected chi connectivity index (χ4v) is 1.86. The van der Waals surface area contributed by atoms with E-state index >= 15 is 0 Å². The molecule has 0 spiro atoms. The van der Waals surface area contributed by atoms with Crippen molar-refractivity contribution in [2.24, 2.45) is 0 Å². The van der Waals surface area contributed by atoms with E-state index in [4.69, 9.17) is 34.8 Å². The molecule has 0 amide bonds. The number of hydrogen-bond donors (Lipinski definition) is 0. The van der Waals surface area contributed by atoms with Crippen LogP contribution in [-0.4, -0.2) is 9.97 Å². The van der Waals surface area contributed by atoms with Crippen LogP contribution in [0.4, 0.5) is 4.39 Å². The molecule has 0 aliphatic rings. The third kappa shape index (κ3) is 1.75. The van der Waals surface area contributed by atoms with Crippen molar-refractivity contribution in [1.82, 2.24) is 9.97 Å². The molecule has 1 aromatic heterocycles. The Morgan fingerprint density at radius 2 is 1.87 bits per heavy atom. The van der Waals surface area contributed by atoms with Crippen LogP contribution in [0.25, 0.3) is 10.9 Å². The molecule has 0 saturated carbocycles. The van der Waals surface area contributed by atoms with Crippen LogP contribution in [0.3, 0.4) is 0 Å². The summed E-state index contributed by atoms with van der Waals surface area (Å²) in [6.07, 6.45) is 0. The number of aromatic nitrogens is 2. The van der Waals surface area contributed by atoms with Crippen LogP contribution in [0.2, 0.25) is 15.5 Å². The molecule has 0 aliphatic carbocycles. The summed E-state index contributed by atoms with van der Waals surface area (Å²) in [6.45, 7) is 1.56. The number of hydrogen-bond acceptors (Lipinski definition) is 2. The van der Waals surface area contributed by atoms with Crippen molar-refractivity contribution in [2.75, 3.05) is 0 Å². The topological polar surface area (TPSA) is 25.8 Å². The SMILES string of the molecule is Cc1c(Cl)cc2c(Cl)nc(Cl)nc2c1F. The first kappa shape index (κ1) is 10.9. The van der Waals surface area contributed by atoms with Gasteiger partial charge in [-0.15, -0.1) is 0 Å². The molecule has 2 aromatic rings. The molecule has 15 heavy (non-hydrogen) atoms. The van der Waals surface area contributed by atoms with Crippen molar-refractivity contribution in [3.63, 3.8) is 0 Å². The first-order chi connectivity index (χ1) is 7.00. The van der Waals surface area contributed by atoms with Gasteiger partial charge in [-0.1, -0.05) is 23.2 Å². The molecule has 0 N–H and O–H groups in total. The maximum atomic E-state index is 13.7. The minimum atomic E-state index is -0.524. The standard InChI is InChI=1S/C9H4Cl3FN2/c1-3-5(10)2-4-7(6(3)13)14-9(12)15-8(4)11/h2H,1H3. The molecule has 0 aliphatic heterocycles. The molecule has 0 bridgehead atoms. The van der Waals surface area contributed by atoms with Gasteiger partial charge in [0.1, 0.15) is 10.7 Å². The zero-order valence-electron chi connectivity index (χ0n) is 7.48. The van der Waals surface area contributed by atoms with Crippen LogP contribution >= 0.6 is 34.8 Å². The number of halogens is 4. The van der Waals surface area contributed by atoms with Crippen LogP contribution < -0.4 is 0 Å². The summed E-state index contributed by atoms with van der Waals surface area (Å²) in [4.78, 5) is 7.48. The molecule has 1 heterocycles. The fraction of sp³-hybridized carbons (Fsp3) is 0.111. The zero-order valence-corrected chi connectivity index (χ0v) is 9.75. The number of fused-ring (bicyclic) bond motifs is 1. The van der Waals surface area contributed by atoms with Crippen molar-refractivity contribution in [2.45, 2.75) is 6.92 Å². The van der Waals surface area contributed by atoms with Gasteiger partial charge in [-0.05, 0) is 24.6 Å². The Balaban J connectivity index is 2.98. The quantitative estimate of drug-likeness (QED) is 0.531. The van der Waals surface area contributed by atoms with Crippen molar-refractivity contribution in [1.29, 1.82) is 0 Å². The maximum Gasteiger partial charge on any atom is 0.224 e. The highest BCUT2D eigenvalue weighted by Gasteiger charge is 2.13. The van der Waals surface area contributed by atoms with E-state index in [2.05, 4.69) is 9.97 Å². The largest absolute Gasteiger partial charge is 0.224 e. The van der Waals surface area contributed by atoms with E-state index in [0.717, 1.165) is 0 Å². The number of benzene rings is 1. The Bertz CT molecular complexity index is 557. The molecular formula is C9H4Cl3FN2. The van der Waals surface area contributed by atoms with Gasteiger partial charge in [-0.2, -0.15) is 0 Å². The van der Waals surface area contributed by atoms with E-state index in [9.17, 15) is 4.39 Å². The molecule has 2 nitrogen and oxygen atoms in total. The average Bonchev–Trinajstić information content (AvgIpc) is 2.17. The number of nitrogens with zero attached hydrogens (tertiary/aromatic N) is 2. The molecule has 0 fully saturated rings. The molecule has 78 valence electrons. The molecule has 0 radical (unpaired) electrons. The van der Waals surface area contributed by atoms with Gasteiger partial charge in [-0.3, -0.25) is 0 Å². The molecule has 0 atom stereocenters. The van der Waals surface area contributed by atoms with Crippen LogP contribution in [0.15, 0.2) is 6.07 Å². The maximum absolute atomic E-state index is 13.7. The van der Waals surface area contributed by atoms with E-state index in [1.54, 1.807) is 6.92 Å². The van der Waals surface area contributed by atoms with E-state index < -0.39 is 5.82 Å². The van der Waals surface area contributed by atoms with Crippen LogP contribution in [0.1, 0.15) is 5.56 Å². The lowest BCUT2D eigenvalue weighted by atomic mass is 10.1. The molecule has 1 aromatic carbocycles. The second-order valence-corrected chi connectivity index (χ2v) is 4.08. The Morgan fingerprint density at radius 1 is 1.20 bits per heavy atom. The van der Waals surface area contributed by atoms with Crippen LogP contribution in [0.5, 0.6) is 0 Å². The summed E-state index contributed by atoms with van der Waals surface area (Å²) < 4.78 is 13.7. The third-order valence-corrected chi connectivity index (χ3v) is 2.89. The monoisotopic (exact) mass is 264 g/mol. The first-order valence-electron chi connectivity index (χ1n) is 3.98. The zero-order chi connectivity index (χ0) is 11.2. The van der Waals surface area contributed by atoms with E-state index in [-0.39, 0.29) is 21.0 Å². The average molecular weight is 266 g/mol. The first-order valence-corrected chi connectivity index (χ1v) is 5.11. The summed E-state index contributed by atoms with van der Waals surface area (Å²) in [6, 6.07) is 1.52. The summed E-state index contributed by atoms with van der Waals surface area (Å²) in [5, 5.41) is 0.640. The smallest absolute Gasteiger partial charge is 0.215 e. The van der Waals surface area contributed by atoms with Gasteiger partial charge in [-0.25, -0.2) is 14.4 Å². The predicted octanol–water partition coefficient (Wildman–Crippen LogP) is 4.04. The van der Waals surface area contributed by atoms with E-state index in [0.29, 0.717) is 10.9 Å². The van der Waals surface area contributed by atoms with E-state index in [1.807, 2.05) is 0 Å². The second kappa shape index (κ2) is 3.74. The Morgan fingerprint density at radius 3 is 2.53 bits per heavy atom. The number of rotatable bonds is 0. The highest BCUT2D eigenvalue weighted by Crippen LogP contribution is 2.30. The van der Waals surface area contributed by atoms with Crippen molar-refractivity contribution < 1.29 is 4.39 Å². The lowest BCUT2D eigenvalue weighted by Crippen LogP contribution is -1.93. The van der Waals surface area contributed by atoms with Gasteiger partial charge in [0, 0.05) is 16.0 Å². The highest BCUT2D eigenvalue weighted by molar-refractivity contribution is 6.37. The molecule has 0 unspecified atom stereocenters. The second-order valence-electron chi connectivity index (χ2n) is 2.98. The summed E-state index contributed by atoms with van der Waals surface area (Å²) in [5.41, 5.74) is 0.400. The molecule has 6 heteroatoms. The van der Waals surface area contributed by atoms with Gasteiger partial charge in [0.15, 0.2) is 5.82 Å². The van der Waals surface area contributed by atoms with Crippen molar-refractivity contribution in [3.05, 3.63) is 32.9 Å². The lowest BCUT2D eigenvalue weighted by molar-refractivity contribution is 0.627. The van der Waals surface area contributed by atoms with E-state index in [1.165, 1.54) is 6.07 Å². The van der Waals surface area contributed by atoms with Crippen molar-refractivity contribution in [3.8, 4) is 0 Å². The van der Waals surface area contributed by atoms with Crippen molar-refractivity contribution >= 4 is 45.7 Å². The Kier molecular flexibility index (Phi) is 2.71. The molecule has 2 rings (SSSR count). The molecular weight excluding hydrogens is 261 g/mol. The Hall–Kier alpha value is -0.640. The normalized spacial score (nSPS) is 11.0. The minimum absolute atomic E-state index is 0.0851. The van der Waals surface area contributed by atoms with Crippen LogP contribution in [-0.2, 0) is 0 Å². The summed E-state index contributed by atoms with van der Waals surface area (Å²) >= 11 is 17.2. The Labute approximate surface area is 100.0 Å². The minimum Gasteiger partial charge on any atom is -0.215 e. The van der Waals surface area contributed by atoms with Gasteiger partial charge < -0.3 is 0 Å².